The minimum Gasteiger partial charge on any atom is -0.373 e. The number of carbonyl (C=O) groups excluding carboxylic acids is 1. The van der Waals surface area contributed by atoms with Gasteiger partial charge in [0.1, 0.15) is 5.82 Å². The van der Waals surface area contributed by atoms with Crippen molar-refractivity contribution in [3.63, 3.8) is 0 Å². The monoisotopic (exact) mass is 483 g/mol. The third-order valence-corrected chi connectivity index (χ3v) is 8.34. The Hall–Kier alpha value is -3.21. The molecular weight excluding hydrogens is 450 g/mol. The molecule has 0 spiro atoms. The molecular formula is C29H33N5O2. The van der Waals surface area contributed by atoms with Crippen LogP contribution in [0, 0.1) is 11.3 Å². The summed E-state index contributed by atoms with van der Waals surface area (Å²) in [6, 6.07) is 10.4. The number of nitrogens with zero attached hydrogens (tertiary/aromatic N) is 4. The highest BCUT2D eigenvalue weighted by atomic mass is 16.5. The van der Waals surface area contributed by atoms with Crippen LogP contribution in [0.15, 0.2) is 30.5 Å². The molecule has 36 heavy (non-hydrogen) atoms. The van der Waals surface area contributed by atoms with E-state index in [9.17, 15) is 10.1 Å². The molecule has 4 heterocycles. The van der Waals surface area contributed by atoms with E-state index in [1.165, 1.54) is 0 Å². The normalized spacial score (nSPS) is 24.4. The van der Waals surface area contributed by atoms with Gasteiger partial charge in [-0.1, -0.05) is 19.9 Å². The number of nitrogens with one attached hydrogen (secondary N) is 1. The minimum atomic E-state index is -0.388. The molecule has 3 aromatic rings. The van der Waals surface area contributed by atoms with Crippen molar-refractivity contribution in [3.8, 4) is 6.07 Å². The van der Waals surface area contributed by atoms with Crippen LogP contribution in [0.1, 0.15) is 73.3 Å². The number of nitriles is 1. The molecule has 3 aliphatic rings. The Balaban J connectivity index is 1.28. The molecule has 2 atom stereocenters. The summed E-state index contributed by atoms with van der Waals surface area (Å²) in [5, 5.41) is 10.2. The smallest absolute Gasteiger partial charge is 0.197 e. The van der Waals surface area contributed by atoms with Gasteiger partial charge in [0.15, 0.2) is 5.78 Å². The summed E-state index contributed by atoms with van der Waals surface area (Å²) in [5.41, 5.74) is 4.32. The number of hydrogen-bond donors (Lipinski definition) is 1. The quantitative estimate of drug-likeness (QED) is 0.582. The lowest BCUT2D eigenvalue weighted by Crippen LogP contribution is -2.53. The molecule has 1 N–H and O–H groups in total. The number of H-pyrrole nitrogens is 1. The predicted octanol–water partition coefficient (Wildman–Crippen LogP) is 4.38. The first-order valence-corrected chi connectivity index (χ1v) is 13.0. The molecule has 2 saturated heterocycles. The van der Waals surface area contributed by atoms with E-state index < -0.39 is 0 Å². The van der Waals surface area contributed by atoms with Crippen LogP contribution in [0.5, 0.6) is 0 Å². The SMILES string of the molecule is C[C@@H]1CN(C2CCN(c3cc4c(cn3)C(=O)c3c([nH]c5cc(C#N)ccc35)C4(C)C)CC2)C[C@H](C)O1. The maximum Gasteiger partial charge on any atom is 0.197 e. The summed E-state index contributed by atoms with van der Waals surface area (Å²) in [4.78, 5) is 26.9. The predicted molar refractivity (Wildman–Crippen MR) is 140 cm³/mol. The first-order valence-electron chi connectivity index (χ1n) is 13.0. The Morgan fingerprint density at radius 2 is 1.86 bits per heavy atom. The lowest BCUT2D eigenvalue weighted by Gasteiger charge is -2.44. The van der Waals surface area contributed by atoms with Crippen molar-refractivity contribution in [1.82, 2.24) is 14.9 Å². The first kappa shape index (κ1) is 23.2. The zero-order valence-electron chi connectivity index (χ0n) is 21.5. The highest BCUT2D eigenvalue weighted by Gasteiger charge is 2.40. The maximum absolute atomic E-state index is 13.6. The van der Waals surface area contributed by atoms with Crippen molar-refractivity contribution in [2.24, 2.45) is 0 Å². The number of benzene rings is 1. The second-order valence-electron chi connectivity index (χ2n) is 11.2. The van der Waals surface area contributed by atoms with Crippen LogP contribution in [0.4, 0.5) is 5.82 Å². The second kappa shape index (κ2) is 8.43. The molecule has 0 unspecified atom stereocenters. The number of pyridine rings is 1. The van der Waals surface area contributed by atoms with Crippen molar-refractivity contribution in [2.75, 3.05) is 31.1 Å². The average molecular weight is 484 g/mol. The van der Waals surface area contributed by atoms with Gasteiger partial charge in [0.25, 0.3) is 0 Å². The van der Waals surface area contributed by atoms with E-state index in [0.717, 1.165) is 67.0 Å². The maximum atomic E-state index is 13.6. The van der Waals surface area contributed by atoms with E-state index in [0.29, 0.717) is 22.7 Å². The van der Waals surface area contributed by atoms with E-state index in [1.807, 2.05) is 12.1 Å². The number of fused-ring (bicyclic) bond motifs is 4. The number of aromatic nitrogens is 2. The third-order valence-electron chi connectivity index (χ3n) is 8.34. The topological polar surface area (TPSA) is 85.2 Å². The van der Waals surface area contributed by atoms with Gasteiger partial charge in [0, 0.05) is 66.0 Å². The number of aromatic amines is 1. The van der Waals surface area contributed by atoms with Crippen LogP contribution in [-0.4, -0.2) is 65.1 Å². The summed E-state index contributed by atoms with van der Waals surface area (Å²) in [5.74, 6) is 0.951. The van der Waals surface area contributed by atoms with Crippen molar-refractivity contribution in [2.45, 2.75) is 64.2 Å². The number of anilines is 1. The number of ketones is 1. The molecule has 2 fully saturated rings. The van der Waals surface area contributed by atoms with E-state index in [2.05, 4.69) is 54.6 Å². The van der Waals surface area contributed by atoms with Gasteiger partial charge in [0.05, 0.1) is 29.4 Å². The molecule has 0 radical (unpaired) electrons. The van der Waals surface area contributed by atoms with Crippen molar-refractivity contribution in [3.05, 3.63) is 58.4 Å². The second-order valence-corrected chi connectivity index (χ2v) is 11.2. The molecule has 186 valence electrons. The lowest BCUT2D eigenvalue weighted by atomic mass is 9.72. The van der Waals surface area contributed by atoms with Crippen LogP contribution in [0.25, 0.3) is 10.9 Å². The molecule has 0 bridgehead atoms. The Bertz CT molecular complexity index is 1380. The Kier molecular flexibility index (Phi) is 5.43. The summed E-state index contributed by atoms with van der Waals surface area (Å²) in [6.45, 7) is 12.6. The molecule has 6 rings (SSSR count). The Labute approximate surface area is 212 Å². The highest BCUT2D eigenvalue weighted by molar-refractivity contribution is 6.20. The number of hydrogen-bond acceptors (Lipinski definition) is 6. The summed E-state index contributed by atoms with van der Waals surface area (Å²) in [7, 11) is 0. The van der Waals surface area contributed by atoms with Gasteiger partial charge in [-0.05, 0) is 50.5 Å². The van der Waals surface area contributed by atoms with Crippen LogP contribution in [-0.2, 0) is 10.2 Å². The van der Waals surface area contributed by atoms with Gasteiger partial charge in [-0.2, -0.15) is 5.26 Å². The molecule has 7 heteroatoms. The number of piperidine rings is 1. The van der Waals surface area contributed by atoms with E-state index in [1.54, 1.807) is 12.3 Å². The van der Waals surface area contributed by atoms with Crippen LogP contribution in [0.3, 0.4) is 0 Å². The summed E-state index contributed by atoms with van der Waals surface area (Å²) < 4.78 is 5.93. The molecule has 1 aromatic carbocycles. The van der Waals surface area contributed by atoms with E-state index in [4.69, 9.17) is 9.72 Å². The van der Waals surface area contributed by atoms with E-state index in [-0.39, 0.29) is 23.4 Å². The largest absolute Gasteiger partial charge is 0.373 e. The fraction of sp³-hybridized carbons (Fsp3) is 0.483. The van der Waals surface area contributed by atoms with Gasteiger partial charge < -0.3 is 14.6 Å². The highest BCUT2D eigenvalue weighted by Crippen LogP contribution is 2.44. The lowest BCUT2D eigenvalue weighted by molar-refractivity contribution is -0.0826. The molecule has 7 nitrogen and oxygen atoms in total. The van der Waals surface area contributed by atoms with Gasteiger partial charge in [-0.3, -0.25) is 9.69 Å². The van der Waals surface area contributed by atoms with Crippen LogP contribution in [0.2, 0.25) is 0 Å². The third kappa shape index (κ3) is 3.63. The number of carbonyl (C=O) groups is 1. The molecule has 2 aliphatic heterocycles. The van der Waals surface area contributed by atoms with Crippen molar-refractivity contribution >= 4 is 22.5 Å². The first-order chi connectivity index (χ1) is 17.3. The van der Waals surface area contributed by atoms with Gasteiger partial charge in [-0.15, -0.1) is 0 Å². The Morgan fingerprint density at radius 1 is 1.14 bits per heavy atom. The summed E-state index contributed by atoms with van der Waals surface area (Å²) in [6.07, 6.45) is 4.56. The zero-order valence-corrected chi connectivity index (χ0v) is 21.5. The number of morpholine rings is 1. The molecule has 1 aliphatic carbocycles. The van der Waals surface area contributed by atoms with Gasteiger partial charge in [0.2, 0.25) is 0 Å². The molecule has 0 amide bonds. The standard InChI is InChI=1S/C29H33N5O2/c1-17-15-34(16-18(2)36-17)20-7-9-33(10-8-20)25-12-23-22(14-31-25)27(35)26-21-6-5-19(13-30)11-24(21)32-28(26)29(23,3)4/h5-6,11-12,14,17-18,20,32H,7-10,15-16H2,1-4H3/t17-,18+. The Morgan fingerprint density at radius 3 is 2.56 bits per heavy atom. The van der Waals surface area contributed by atoms with Crippen molar-refractivity contribution in [1.29, 1.82) is 5.26 Å². The fourth-order valence-electron chi connectivity index (χ4n) is 6.53. The molecule has 2 aromatic heterocycles. The fourth-order valence-corrected chi connectivity index (χ4v) is 6.53. The molecule has 0 saturated carbocycles. The average Bonchev–Trinajstić information content (AvgIpc) is 3.27. The van der Waals surface area contributed by atoms with Gasteiger partial charge in [-0.25, -0.2) is 4.98 Å². The van der Waals surface area contributed by atoms with Gasteiger partial charge >= 0.3 is 0 Å². The summed E-state index contributed by atoms with van der Waals surface area (Å²) >= 11 is 0. The van der Waals surface area contributed by atoms with E-state index >= 15 is 0 Å². The van der Waals surface area contributed by atoms with Crippen molar-refractivity contribution < 1.29 is 9.53 Å². The number of ether oxygens (including phenoxy) is 1. The van der Waals surface area contributed by atoms with Crippen LogP contribution >= 0.6 is 0 Å². The number of rotatable bonds is 2. The van der Waals surface area contributed by atoms with Crippen LogP contribution < -0.4 is 4.90 Å². The zero-order chi connectivity index (χ0) is 25.2. The minimum absolute atomic E-state index is 0.00333.